The Labute approximate surface area is 89.2 Å². The molecule has 84 valence electrons. The van der Waals surface area contributed by atoms with Gasteiger partial charge in [0.15, 0.2) is 0 Å². The van der Waals surface area contributed by atoms with Crippen molar-refractivity contribution in [1.82, 2.24) is 14.7 Å². The molecule has 2 N–H and O–H groups in total. The number of nitrogens with one attached hydrogen (secondary N) is 2. The average molecular weight is 230 g/mol. The van der Waals surface area contributed by atoms with E-state index in [9.17, 15) is 8.42 Å². The maximum Gasteiger partial charge on any atom is 0.208 e. The molecular weight excluding hydrogens is 216 g/mol. The molecule has 0 amide bonds. The number of hydrogen-bond acceptors (Lipinski definition) is 5. The van der Waals surface area contributed by atoms with E-state index in [1.165, 1.54) is 0 Å². The van der Waals surface area contributed by atoms with Crippen LogP contribution in [0, 0.1) is 6.92 Å². The SMILES string of the molecule is Cc1nccnc1NCCNS(C)(=O)=O. The van der Waals surface area contributed by atoms with Crippen LogP contribution < -0.4 is 10.0 Å². The van der Waals surface area contributed by atoms with Gasteiger partial charge in [0.05, 0.1) is 11.9 Å². The van der Waals surface area contributed by atoms with E-state index < -0.39 is 10.0 Å². The lowest BCUT2D eigenvalue weighted by Crippen LogP contribution is -2.27. The Morgan fingerprint density at radius 1 is 1.27 bits per heavy atom. The van der Waals surface area contributed by atoms with Crippen LogP contribution in [-0.4, -0.2) is 37.7 Å². The Hall–Kier alpha value is -1.21. The monoisotopic (exact) mass is 230 g/mol. The quantitative estimate of drug-likeness (QED) is 0.681. The summed E-state index contributed by atoms with van der Waals surface area (Å²) >= 11 is 0. The molecule has 0 saturated carbocycles. The van der Waals surface area contributed by atoms with Crippen molar-refractivity contribution < 1.29 is 8.42 Å². The third kappa shape index (κ3) is 4.71. The summed E-state index contributed by atoms with van der Waals surface area (Å²) in [5.74, 6) is 0.674. The molecule has 0 aliphatic heterocycles. The van der Waals surface area contributed by atoms with Crippen LogP contribution in [0.1, 0.15) is 5.69 Å². The fourth-order valence-corrected chi connectivity index (χ4v) is 1.47. The molecule has 0 fully saturated rings. The van der Waals surface area contributed by atoms with Gasteiger partial charge in [-0.2, -0.15) is 0 Å². The molecule has 1 aromatic rings. The molecular formula is C8H14N4O2S. The van der Waals surface area contributed by atoms with E-state index in [0.717, 1.165) is 11.9 Å². The van der Waals surface area contributed by atoms with Gasteiger partial charge in [0.2, 0.25) is 10.0 Å². The Kier molecular flexibility index (Phi) is 3.98. The predicted octanol–water partition coefficient (Wildman–Crippen LogP) is -0.254. The summed E-state index contributed by atoms with van der Waals surface area (Å²) in [5, 5.41) is 2.98. The fraction of sp³-hybridized carbons (Fsp3) is 0.500. The molecule has 0 unspecified atom stereocenters. The van der Waals surface area contributed by atoms with Crippen LogP contribution in [0.25, 0.3) is 0 Å². The summed E-state index contributed by atoms with van der Waals surface area (Å²) in [6.45, 7) is 2.64. The normalized spacial score (nSPS) is 11.3. The lowest BCUT2D eigenvalue weighted by molar-refractivity contribution is 0.589. The van der Waals surface area contributed by atoms with Crippen LogP contribution in [0.15, 0.2) is 12.4 Å². The van der Waals surface area contributed by atoms with Crippen molar-refractivity contribution in [3.8, 4) is 0 Å². The molecule has 0 saturated heterocycles. The highest BCUT2D eigenvalue weighted by atomic mass is 32.2. The van der Waals surface area contributed by atoms with Crippen molar-refractivity contribution in [3.63, 3.8) is 0 Å². The Morgan fingerprint density at radius 2 is 1.93 bits per heavy atom. The zero-order valence-corrected chi connectivity index (χ0v) is 9.50. The number of rotatable bonds is 5. The first-order chi connectivity index (χ1) is 6.99. The number of aromatic nitrogens is 2. The molecule has 0 aliphatic rings. The molecule has 7 heteroatoms. The Morgan fingerprint density at radius 3 is 2.53 bits per heavy atom. The summed E-state index contributed by atoms with van der Waals surface area (Å²) in [4.78, 5) is 8.10. The number of nitrogens with zero attached hydrogens (tertiary/aromatic N) is 2. The molecule has 0 bridgehead atoms. The van der Waals surface area contributed by atoms with Gasteiger partial charge in [0, 0.05) is 25.5 Å². The number of sulfonamides is 1. The second-order valence-corrected chi connectivity index (χ2v) is 4.92. The van der Waals surface area contributed by atoms with E-state index in [2.05, 4.69) is 20.0 Å². The third-order valence-electron chi connectivity index (χ3n) is 1.66. The summed E-state index contributed by atoms with van der Waals surface area (Å²) in [6, 6.07) is 0. The van der Waals surface area contributed by atoms with Crippen LogP contribution in [0.2, 0.25) is 0 Å². The standard InChI is InChI=1S/C8H14N4O2S/c1-7-8(10-4-3-9-7)11-5-6-12-15(2,13)14/h3-4,12H,5-6H2,1-2H3,(H,10,11). The summed E-state index contributed by atoms with van der Waals surface area (Å²) in [5.41, 5.74) is 0.789. The van der Waals surface area contributed by atoms with Gasteiger partial charge in [-0.1, -0.05) is 0 Å². The van der Waals surface area contributed by atoms with Gasteiger partial charge in [0.25, 0.3) is 0 Å². The highest BCUT2D eigenvalue weighted by molar-refractivity contribution is 7.88. The lowest BCUT2D eigenvalue weighted by atomic mass is 10.4. The first-order valence-corrected chi connectivity index (χ1v) is 6.34. The lowest BCUT2D eigenvalue weighted by Gasteiger charge is -2.07. The number of anilines is 1. The van der Waals surface area contributed by atoms with Crippen molar-refractivity contribution in [2.45, 2.75) is 6.92 Å². The number of hydrogen-bond donors (Lipinski definition) is 2. The van der Waals surface area contributed by atoms with E-state index in [1.54, 1.807) is 12.4 Å². The Bertz CT molecular complexity index is 418. The molecule has 1 aromatic heterocycles. The fourth-order valence-electron chi connectivity index (χ4n) is 0.998. The predicted molar refractivity (Wildman–Crippen MR) is 58.1 cm³/mol. The van der Waals surface area contributed by atoms with Gasteiger partial charge in [0.1, 0.15) is 5.82 Å². The smallest absolute Gasteiger partial charge is 0.208 e. The molecule has 1 rings (SSSR count). The highest BCUT2D eigenvalue weighted by Crippen LogP contribution is 2.04. The molecule has 15 heavy (non-hydrogen) atoms. The van der Waals surface area contributed by atoms with Crippen molar-refractivity contribution in [1.29, 1.82) is 0 Å². The summed E-state index contributed by atoms with van der Waals surface area (Å²) in [6.07, 6.45) is 4.31. The van der Waals surface area contributed by atoms with Crippen LogP contribution in [0.5, 0.6) is 0 Å². The minimum Gasteiger partial charge on any atom is -0.367 e. The van der Waals surface area contributed by atoms with E-state index in [1.807, 2.05) is 6.92 Å². The average Bonchev–Trinajstić information content (AvgIpc) is 2.13. The molecule has 6 nitrogen and oxygen atoms in total. The summed E-state index contributed by atoms with van der Waals surface area (Å²) < 4.78 is 23.9. The molecule has 0 aromatic carbocycles. The van der Waals surface area contributed by atoms with Gasteiger partial charge >= 0.3 is 0 Å². The highest BCUT2D eigenvalue weighted by Gasteiger charge is 2.00. The molecule has 1 heterocycles. The Balaban J connectivity index is 2.36. The van der Waals surface area contributed by atoms with E-state index in [0.29, 0.717) is 18.9 Å². The molecule has 0 spiro atoms. The van der Waals surface area contributed by atoms with E-state index in [-0.39, 0.29) is 0 Å². The minimum absolute atomic E-state index is 0.328. The topological polar surface area (TPSA) is 84.0 Å². The molecule has 0 aliphatic carbocycles. The summed E-state index contributed by atoms with van der Waals surface area (Å²) in [7, 11) is -3.11. The van der Waals surface area contributed by atoms with E-state index >= 15 is 0 Å². The van der Waals surface area contributed by atoms with Crippen molar-refractivity contribution in [2.75, 3.05) is 24.7 Å². The van der Waals surface area contributed by atoms with Gasteiger partial charge in [-0.25, -0.2) is 18.1 Å². The third-order valence-corrected chi connectivity index (χ3v) is 2.39. The van der Waals surface area contributed by atoms with Crippen LogP contribution in [-0.2, 0) is 10.0 Å². The first kappa shape index (κ1) is 11.9. The molecule has 0 atom stereocenters. The van der Waals surface area contributed by atoms with Crippen molar-refractivity contribution in [2.24, 2.45) is 0 Å². The maximum atomic E-state index is 10.7. The second kappa shape index (κ2) is 5.04. The first-order valence-electron chi connectivity index (χ1n) is 4.45. The van der Waals surface area contributed by atoms with E-state index in [4.69, 9.17) is 0 Å². The second-order valence-electron chi connectivity index (χ2n) is 3.08. The maximum absolute atomic E-state index is 10.7. The molecule has 0 radical (unpaired) electrons. The van der Waals surface area contributed by atoms with Gasteiger partial charge in [-0.3, -0.25) is 4.98 Å². The van der Waals surface area contributed by atoms with Crippen molar-refractivity contribution in [3.05, 3.63) is 18.1 Å². The van der Waals surface area contributed by atoms with Gasteiger partial charge < -0.3 is 5.32 Å². The van der Waals surface area contributed by atoms with Crippen LogP contribution in [0.3, 0.4) is 0 Å². The largest absolute Gasteiger partial charge is 0.367 e. The zero-order valence-electron chi connectivity index (χ0n) is 8.69. The van der Waals surface area contributed by atoms with Crippen LogP contribution >= 0.6 is 0 Å². The zero-order chi connectivity index (χ0) is 11.3. The minimum atomic E-state index is -3.11. The van der Waals surface area contributed by atoms with Gasteiger partial charge in [-0.15, -0.1) is 0 Å². The van der Waals surface area contributed by atoms with Crippen molar-refractivity contribution >= 4 is 15.8 Å². The van der Waals surface area contributed by atoms with Crippen LogP contribution in [0.4, 0.5) is 5.82 Å². The number of aryl methyl sites for hydroxylation is 1. The van der Waals surface area contributed by atoms with Gasteiger partial charge in [-0.05, 0) is 6.92 Å².